The molecule has 0 bridgehead atoms. The molecular formula is C26H28N4O3. The van der Waals surface area contributed by atoms with Crippen LogP contribution in [0, 0.1) is 6.92 Å². The third-order valence-electron chi connectivity index (χ3n) is 5.59. The summed E-state index contributed by atoms with van der Waals surface area (Å²) in [5.41, 5.74) is 4.38. The lowest BCUT2D eigenvalue weighted by molar-refractivity contribution is 0.192. The highest BCUT2D eigenvalue weighted by atomic mass is 16.5. The maximum Gasteiger partial charge on any atom is 0.324 e. The Kier molecular flexibility index (Phi) is 6.78. The quantitative estimate of drug-likeness (QED) is 0.529. The van der Waals surface area contributed by atoms with E-state index in [2.05, 4.69) is 10.6 Å². The van der Waals surface area contributed by atoms with Crippen LogP contribution in [0.2, 0.25) is 0 Å². The van der Waals surface area contributed by atoms with Gasteiger partial charge in [0, 0.05) is 36.7 Å². The molecule has 7 nitrogen and oxygen atoms in total. The summed E-state index contributed by atoms with van der Waals surface area (Å²) in [4.78, 5) is 29.0. The minimum atomic E-state index is -0.314. The molecule has 7 heteroatoms. The van der Waals surface area contributed by atoms with Gasteiger partial charge in [-0.15, -0.1) is 0 Å². The molecule has 1 heterocycles. The van der Waals surface area contributed by atoms with Crippen LogP contribution in [-0.2, 0) is 6.54 Å². The van der Waals surface area contributed by atoms with Gasteiger partial charge >= 0.3 is 12.1 Å². The lowest BCUT2D eigenvalue weighted by Gasteiger charge is -2.35. The topological polar surface area (TPSA) is 73.9 Å². The van der Waals surface area contributed by atoms with Gasteiger partial charge in [-0.1, -0.05) is 29.8 Å². The highest BCUT2D eigenvalue weighted by Crippen LogP contribution is 2.24. The molecule has 1 fully saturated rings. The average molecular weight is 445 g/mol. The number of carbonyl (C=O) groups excluding carboxylic acids is 2. The molecule has 1 aliphatic rings. The summed E-state index contributed by atoms with van der Waals surface area (Å²) < 4.78 is 5.20. The molecule has 0 unspecified atom stereocenters. The number of ether oxygens (including phenoxy) is 1. The first-order valence-corrected chi connectivity index (χ1v) is 11.0. The second-order valence-electron chi connectivity index (χ2n) is 8.05. The van der Waals surface area contributed by atoms with E-state index < -0.39 is 0 Å². The number of hydrogen-bond donors (Lipinski definition) is 2. The summed E-state index contributed by atoms with van der Waals surface area (Å²) in [6.07, 6.45) is 0.890. The molecule has 0 spiro atoms. The molecule has 4 rings (SSSR count). The van der Waals surface area contributed by atoms with Crippen molar-refractivity contribution in [2.45, 2.75) is 19.9 Å². The van der Waals surface area contributed by atoms with Crippen molar-refractivity contribution in [1.29, 1.82) is 0 Å². The number of amides is 4. The van der Waals surface area contributed by atoms with E-state index in [9.17, 15) is 9.59 Å². The molecule has 4 amide bonds. The molecule has 170 valence electrons. The Morgan fingerprint density at radius 2 is 1.48 bits per heavy atom. The van der Waals surface area contributed by atoms with Gasteiger partial charge in [0.15, 0.2) is 0 Å². The van der Waals surface area contributed by atoms with Crippen LogP contribution in [0.15, 0.2) is 72.8 Å². The second-order valence-corrected chi connectivity index (χ2v) is 8.05. The summed E-state index contributed by atoms with van der Waals surface area (Å²) in [5, 5.41) is 5.63. The molecule has 3 aromatic carbocycles. The van der Waals surface area contributed by atoms with Gasteiger partial charge in [0.1, 0.15) is 5.75 Å². The van der Waals surface area contributed by atoms with Gasteiger partial charge in [0.2, 0.25) is 0 Å². The van der Waals surface area contributed by atoms with Gasteiger partial charge in [-0.25, -0.2) is 9.59 Å². The number of carbonyl (C=O) groups is 2. The van der Waals surface area contributed by atoms with Crippen LogP contribution >= 0.6 is 0 Å². The summed E-state index contributed by atoms with van der Waals surface area (Å²) in [6, 6.07) is 22.4. The Bertz CT molecular complexity index is 1100. The van der Waals surface area contributed by atoms with Crippen molar-refractivity contribution in [3.05, 3.63) is 83.9 Å². The zero-order valence-corrected chi connectivity index (χ0v) is 18.9. The number of anilines is 3. The van der Waals surface area contributed by atoms with Crippen LogP contribution in [-0.4, -0.2) is 37.2 Å². The summed E-state index contributed by atoms with van der Waals surface area (Å²) in [7, 11) is 1.64. The van der Waals surface area contributed by atoms with Gasteiger partial charge < -0.3 is 20.3 Å². The number of benzene rings is 3. The summed E-state index contributed by atoms with van der Waals surface area (Å²) in [5.74, 6) is 0.798. The molecule has 0 aromatic heterocycles. The number of methoxy groups -OCH3 is 1. The number of rotatable bonds is 6. The molecule has 0 aliphatic carbocycles. The fraction of sp³-hybridized carbons (Fsp3) is 0.231. The van der Waals surface area contributed by atoms with E-state index in [1.165, 1.54) is 0 Å². The molecule has 0 saturated carbocycles. The Balaban J connectivity index is 1.36. The number of nitrogens with one attached hydrogen (secondary N) is 2. The number of hydrogen-bond acceptors (Lipinski definition) is 3. The molecule has 33 heavy (non-hydrogen) atoms. The monoisotopic (exact) mass is 444 g/mol. The highest BCUT2D eigenvalue weighted by molar-refractivity contribution is 6.00. The maximum absolute atomic E-state index is 13.1. The molecule has 1 saturated heterocycles. The van der Waals surface area contributed by atoms with Crippen molar-refractivity contribution >= 4 is 29.1 Å². The van der Waals surface area contributed by atoms with E-state index in [-0.39, 0.29) is 12.1 Å². The molecule has 1 aliphatic heterocycles. The molecular weight excluding hydrogens is 416 g/mol. The van der Waals surface area contributed by atoms with Crippen molar-refractivity contribution in [2.24, 2.45) is 0 Å². The minimum absolute atomic E-state index is 0.0186. The first-order valence-electron chi connectivity index (χ1n) is 11.0. The predicted octanol–water partition coefficient (Wildman–Crippen LogP) is 5.48. The second kappa shape index (κ2) is 10.1. The summed E-state index contributed by atoms with van der Waals surface area (Å²) >= 11 is 0. The van der Waals surface area contributed by atoms with E-state index in [4.69, 9.17) is 4.74 Å². The predicted molar refractivity (Wildman–Crippen MR) is 131 cm³/mol. The van der Waals surface area contributed by atoms with Crippen LogP contribution in [0.25, 0.3) is 0 Å². The van der Waals surface area contributed by atoms with E-state index in [0.29, 0.717) is 18.8 Å². The van der Waals surface area contributed by atoms with Crippen LogP contribution in [0.4, 0.5) is 26.7 Å². The lowest BCUT2D eigenvalue weighted by Crippen LogP contribution is -2.49. The average Bonchev–Trinajstić information content (AvgIpc) is 2.83. The van der Waals surface area contributed by atoms with Crippen molar-refractivity contribution < 1.29 is 14.3 Å². The standard InChI is InChI=1S/C26H28N4O3/c1-19-4-8-21(9-5-19)27-25(31)28-22-10-12-23(13-11-22)30-17-3-16-29(26(30)32)18-20-6-14-24(33-2)15-7-20/h4-15H,3,16-18H2,1-2H3,(H2,27,28,31). The van der Waals surface area contributed by atoms with Crippen molar-refractivity contribution in [3.63, 3.8) is 0 Å². The maximum atomic E-state index is 13.1. The zero-order chi connectivity index (χ0) is 23.2. The first kappa shape index (κ1) is 22.2. The third-order valence-corrected chi connectivity index (χ3v) is 5.59. The van der Waals surface area contributed by atoms with Gasteiger partial charge in [0.25, 0.3) is 0 Å². The Morgan fingerprint density at radius 1 is 0.879 bits per heavy atom. The number of urea groups is 2. The Hall–Kier alpha value is -4.00. The normalized spacial score (nSPS) is 13.6. The number of nitrogens with zero attached hydrogens (tertiary/aromatic N) is 2. The van der Waals surface area contributed by atoms with Crippen LogP contribution < -0.4 is 20.3 Å². The van der Waals surface area contributed by atoms with E-state index in [0.717, 1.165) is 41.2 Å². The van der Waals surface area contributed by atoms with Gasteiger partial charge in [-0.3, -0.25) is 4.90 Å². The molecule has 3 aromatic rings. The van der Waals surface area contributed by atoms with Crippen molar-refractivity contribution in [1.82, 2.24) is 4.90 Å². The van der Waals surface area contributed by atoms with Gasteiger partial charge in [-0.2, -0.15) is 0 Å². The lowest BCUT2D eigenvalue weighted by atomic mass is 10.1. The van der Waals surface area contributed by atoms with Crippen molar-refractivity contribution in [3.8, 4) is 5.75 Å². The molecule has 0 radical (unpaired) electrons. The number of aryl methyl sites for hydroxylation is 1. The smallest absolute Gasteiger partial charge is 0.324 e. The van der Waals surface area contributed by atoms with Crippen LogP contribution in [0.5, 0.6) is 5.75 Å². The van der Waals surface area contributed by atoms with E-state index >= 15 is 0 Å². The van der Waals surface area contributed by atoms with Crippen LogP contribution in [0.1, 0.15) is 17.5 Å². The fourth-order valence-electron chi connectivity index (χ4n) is 3.77. The highest BCUT2D eigenvalue weighted by Gasteiger charge is 2.26. The van der Waals surface area contributed by atoms with Gasteiger partial charge in [-0.05, 0) is 67.4 Å². The van der Waals surface area contributed by atoms with Gasteiger partial charge in [0.05, 0.1) is 7.11 Å². The van der Waals surface area contributed by atoms with Crippen LogP contribution in [0.3, 0.4) is 0 Å². The largest absolute Gasteiger partial charge is 0.497 e. The van der Waals surface area contributed by atoms with E-state index in [1.54, 1.807) is 24.1 Å². The van der Waals surface area contributed by atoms with Crippen molar-refractivity contribution in [2.75, 3.05) is 35.7 Å². The molecule has 2 N–H and O–H groups in total. The Labute approximate surface area is 194 Å². The Morgan fingerprint density at radius 3 is 2.09 bits per heavy atom. The first-order chi connectivity index (χ1) is 16.0. The third kappa shape index (κ3) is 5.63. The summed E-state index contributed by atoms with van der Waals surface area (Å²) in [6.45, 7) is 3.94. The molecule has 0 atom stereocenters. The SMILES string of the molecule is COc1ccc(CN2CCCN(c3ccc(NC(=O)Nc4ccc(C)cc4)cc3)C2=O)cc1. The van der Waals surface area contributed by atoms with E-state index in [1.807, 2.05) is 72.5 Å². The fourth-order valence-corrected chi connectivity index (χ4v) is 3.77. The zero-order valence-electron chi connectivity index (χ0n) is 18.9. The minimum Gasteiger partial charge on any atom is -0.497 e.